The summed E-state index contributed by atoms with van der Waals surface area (Å²) in [6.07, 6.45) is 0.602. The average molecular weight is 200 g/mol. The van der Waals surface area contributed by atoms with Gasteiger partial charge in [0.05, 0.1) is 0 Å². The normalized spacial score (nSPS) is 15.4. The molecule has 0 spiro atoms. The molecule has 0 bridgehead atoms. The van der Waals surface area contributed by atoms with Crippen molar-refractivity contribution < 1.29 is 5.11 Å². The molecule has 0 fully saturated rings. The molecule has 0 aliphatic heterocycles. The van der Waals surface area contributed by atoms with Crippen LogP contribution >= 0.6 is 11.6 Å². The topological polar surface area (TPSA) is 46.2 Å². The molecular formula is C10H14ClNO. The molecule has 72 valence electrons. The van der Waals surface area contributed by atoms with Crippen LogP contribution in [0.3, 0.4) is 0 Å². The molecule has 3 N–H and O–H groups in total. The number of nitrogens with two attached hydrogens (primary N) is 1. The minimum atomic E-state index is -0.912. The number of aliphatic hydroxyl groups is 1. The maximum Gasteiger partial charge on any atom is 0.102 e. The molecule has 0 unspecified atom stereocenters. The van der Waals surface area contributed by atoms with Crippen LogP contribution in [0.2, 0.25) is 5.02 Å². The standard InChI is InChI=1S/C10H14ClNO/c1-2-10(13,7-12)8-3-5-9(11)6-4-8/h3-6,13H,2,7,12H2,1H3/t10-/m0/s1. The fourth-order valence-corrected chi connectivity index (χ4v) is 1.35. The molecule has 0 amide bonds. The summed E-state index contributed by atoms with van der Waals surface area (Å²) in [6, 6.07) is 7.12. The van der Waals surface area contributed by atoms with Crippen LogP contribution < -0.4 is 5.73 Å². The van der Waals surface area contributed by atoms with Crippen molar-refractivity contribution in [3.8, 4) is 0 Å². The Balaban J connectivity index is 2.99. The lowest BCUT2D eigenvalue weighted by Gasteiger charge is -2.25. The molecule has 1 rings (SSSR count). The molecule has 0 radical (unpaired) electrons. The predicted molar refractivity (Wildman–Crippen MR) is 54.7 cm³/mol. The van der Waals surface area contributed by atoms with Crippen molar-refractivity contribution in [3.63, 3.8) is 0 Å². The van der Waals surface area contributed by atoms with Gasteiger partial charge in [-0.2, -0.15) is 0 Å². The third-order valence-electron chi connectivity index (χ3n) is 2.30. The van der Waals surface area contributed by atoms with Crippen molar-refractivity contribution in [2.24, 2.45) is 5.73 Å². The molecule has 13 heavy (non-hydrogen) atoms. The minimum Gasteiger partial charge on any atom is -0.384 e. The Morgan fingerprint density at radius 3 is 2.31 bits per heavy atom. The highest BCUT2D eigenvalue weighted by atomic mass is 35.5. The number of halogens is 1. The van der Waals surface area contributed by atoms with E-state index in [1.165, 1.54) is 0 Å². The summed E-state index contributed by atoms with van der Waals surface area (Å²) in [4.78, 5) is 0. The quantitative estimate of drug-likeness (QED) is 0.781. The first-order valence-corrected chi connectivity index (χ1v) is 4.68. The molecule has 0 heterocycles. The first kappa shape index (κ1) is 10.5. The highest BCUT2D eigenvalue weighted by Crippen LogP contribution is 2.24. The summed E-state index contributed by atoms with van der Waals surface area (Å²) < 4.78 is 0. The lowest BCUT2D eigenvalue weighted by molar-refractivity contribution is 0.0419. The summed E-state index contributed by atoms with van der Waals surface area (Å²) in [7, 11) is 0. The highest BCUT2D eigenvalue weighted by molar-refractivity contribution is 6.30. The van der Waals surface area contributed by atoms with Crippen LogP contribution in [-0.2, 0) is 5.60 Å². The zero-order valence-electron chi connectivity index (χ0n) is 7.63. The van der Waals surface area contributed by atoms with Crippen molar-refractivity contribution in [2.75, 3.05) is 6.54 Å². The summed E-state index contributed by atoms with van der Waals surface area (Å²) in [5, 5.41) is 10.7. The van der Waals surface area contributed by atoms with Gasteiger partial charge in [0.1, 0.15) is 5.60 Å². The van der Waals surface area contributed by atoms with Crippen molar-refractivity contribution in [1.82, 2.24) is 0 Å². The van der Waals surface area contributed by atoms with Gasteiger partial charge in [-0.05, 0) is 24.1 Å². The van der Waals surface area contributed by atoms with Gasteiger partial charge < -0.3 is 10.8 Å². The molecular weight excluding hydrogens is 186 g/mol. The molecule has 1 atom stereocenters. The van der Waals surface area contributed by atoms with E-state index in [0.29, 0.717) is 11.4 Å². The van der Waals surface area contributed by atoms with Gasteiger partial charge in [-0.1, -0.05) is 30.7 Å². The van der Waals surface area contributed by atoms with E-state index in [1.807, 2.05) is 6.92 Å². The van der Waals surface area contributed by atoms with Crippen molar-refractivity contribution in [2.45, 2.75) is 18.9 Å². The van der Waals surface area contributed by atoms with E-state index in [9.17, 15) is 5.11 Å². The van der Waals surface area contributed by atoms with E-state index in [0.717, 1.165) is 5.56 Å². The zero-order chi connectivity index (χ0) is 9.90. The SMILES string of the molecule is CC[C@](O)(CN)c1ccc(Cl)cc1. The van der Waals surface area contributed by atoms with Gasteiger partial charge in [0.25, 0.3) is 0 Å². The maximum absolute atomic E-state index is 10.0. The van der Waals surface area contributed by atoms with Crippen LogP contribution in [0.15, 0.2) is 24.3 Å². The van der Waals surface area contributed by atoms with Crippen LogP contribution in [0.25, 0.3) is 0 Å². The molecule has 1 aromatic rings. The second-order valence-corrected chi connectivity index (χ2v) is 3.53. The Morgan fingerprint density at radius 1 is 1.38 bits per heavy atom. The van der Waals surface area contributed by atoms with E-state index in [4.69, 9.17) is 17.3 Å². The third kappa shape index (κ3) is 2.21. The maximum atomic E-state index is 10.0. The summed E-state index contributed by atoms with van der Waals surface area (Å²) >= 11 is 5.74. The van der Waals surface area contributed by atoms with Crippen LogP contribution in [0.4, 0.5) is 0 Å². The Morgan fingerprint density at radius 2 is 1.92 bits per heavy atom. The second kappa shape index (κ2) is 4.09. The van der Waals surface area contributed by atoms with E-state index in [-0.39, 0.29) is 6.54 Å². The average Bonchev–Trinajstić information content (AvgIpc) is 2.18. The number of hydrogen-bond donors (Lipinski definition) is 2. The van der Waals surface area contributed by atoms with Gasteiger partial charge in [0.15, 0.2) is 0 Å². The van der Waals surface area contributed by atoms with Gasteiger partial charge in [-0.25, -0.2) is 0 Å². The van der Waals surface area contributed by atoms with Crippen LogP contribution in [0.1, 0.15) is 18.9 Å². The molecule has 2 nitrogen and oxygen atoms in total. The van der Waals surface area contributed by atoms with E-state index in [1.54, 1.807) is 24.3 Å². The van der Waals surface area contributed by atoms with Gasteiger partial charge in [0, 0.05) is 11.6 Å². The van der Waals surface area contributed by atoms with E-state index < -0.39 is 5.60 Å². The zero-order valence-corrected chi connectivity index (χ0v) is 8.38. The Bertz CT molecular complexity index is 267. The number of hydrogen-bond acceptors (Lipinski definition) is 2. The van der Waals surface area contributed by atoms with Gasteiger partial charge in [-0.15, -0.1) is 0 Å². The smallest absolute Gasteiger partial charge is 0.102 e. The van der Waals surface area contributed by atoms with Gasteiger partial charge >= 0.3 is 0 Å². The van der Waals surface area contributed by atoms with Crippen molar-refractivity contribution in [3.05, 3.63) is 34.9 Å². The molecule has 0 aliphatic carbocycles. The number of rotatable bonds is 3. The summed E-state index contributed by atoms with van der Waals surface area (Å²) in [6.45, 7) is 2.13. The van der Waals surface area contributed by atoms with Crippen LogP contribution in [0.5, 0.6) is 0 Å². The predicted octanol–water partition coefficient (Wildman–Crippen LogP) is 1.90. The fraction of sp³-hybridized carbons (Fsp3) is 0.400. The number of benzene rings is 1. The lowest BCUT2D eigenvalue weighted by atomic mass is 9.91. The molecule has 0 saturated heterocycles. The fourth-order valence-electron chi connectivity index (χ4n) is 1.23. The molecule has 1 aromatic carbocycles. The van der Waals surface area contributed by atoms with Crippen LogP contribution in [0, 0.1) is 0 Å². The van der Waals surface area contributed by atoms with Crippen molar-refractivity contribution >= 4 is 11.6 Å². The monoisotopic (exact) mass is 199 g/mol. The first-order valence-electron chi connectivity index (χ1n) is 4.31. The van der Waals surface area contributed by atoms with Gasteiger partial charge in [0.2, 0.25) is 0 Å². The Hall–Kier alpha value is -0.570. The second-order valence-electron chi connectivity index (χ2n) is 3.10. The largest absolute Gasteiger partial charge is 0.384 e. The summed E-state index contributed by atoms with van der Waals surface area (Å²) in [5.74, 6) is 0. The highest BCUT2D eigenvalue weighted by Gasteiger charge is 2.24. The van der Waals surface area contributed by atoms with E-state index >= 15 is 0 Å². The van der Waals surface area contributed by atoms with Crippen molar-refractivity contribution in [1.29, 1.82) is 0 Å². The molecule has 0 aromatic heterocycles. The van der Waals surface area contributed by atoms with Crippen LogP contribution in [-0.4, -0.2) is 11.7 Å². The van der Waals surface area contributed by atoms with Gasteiger partial charge in [-0.3, -0.25) is 0 Å². The molecule has 0 aliphatic rings. The van der Waals surface area contributed by atoms with E-state index in [2.05, 4.69) is 0 Å². The lowest BCUT2D eigenvalue weighted by Crippen LogP contribution is -2.33. The molecule has 0 saturated carbocycles. The Kier molecular flexibility index (Phi) is 3.31. The minimum absolute atomic E-state index is 0.227. The Labute approximate surface area is 83.3 Å². The third-order valence-corrected chi connectivity index (χ3v) is 2.56. The first-order chi connectivity index (χ1) is 6.12. The summed E-state index contributed by atoms with van der Waals surface area (Å²) in [5.41, 5.74) is 5.41. The molecule has 3 heteroatoms.